The SMILES string of the molecule is CCC1(C(=O)O)CCN(C2CCN(C)C2)CC1. The molecule has 1 atom stereocenters. The molecule has 2 fully saturated rings. The standard InChI is InChI=1S/C13H24N2O2/c1-3-13(12(16)17)5-8-15(9-6-13)11-4-7-14(2)10-11/h11H,3-10H2,1-2H3,(H,16,17). The minimum Gasteiger partial charge on any atom is -0.481 e. The summed E-state index contributed by atoms with van der Waals surface area (Å²) in [6.07, 6.45) is 3.64. The quantitative estimate of drug-likeness (QED) is 0.807. The molecule has 2 saturated heterocycles. The minimum absolute atomic E-state index is 0.443. The number of aliphatic carboxylic acids is 1. The Hall–Kier alpha value is -0.610. The van der Waals surface area contributed by atoms with Crippen LogP contribution in [-0.4, -0.2) is 60.1 Å². The summed E-state index contributed by atoms with van der Waals surface area (Å²) in [5, 5.41) is 9.36. The molecule has 0 amide bonds. The zero-order valence-electron chi connectivity index (χ0n) is 11.0. The van der Waals surface area contributed by atoms with Crippen molar-refractivity contribution in [1.82, 2.24) is 9.80 Å². The monoisotopic (exact) mass is 240 g/mol. The first kappa shape index (κ1) is 12.8. The molecule has 2 rings (SSSR count). The number of carboxylic acid groups (broad SMARTS) is 1. The molecule has 0 aromatic carbocycles. The zero-order valence-corrected chi connectivity index (χ0v) is 11.0. The summed E-state index contributed by atoms with van der Waals surface area (Å²) in [5.74, 6) is -0.594. The first-order valence-electron chi connectivity index (χ1n) is 6.73. The van der Waals surface area contributed by atoms with Crippen LogP contribution in [-0.2, 0) is 4.79 Å². The van der Waals surface area contributed by atoms with Crippen LogP contribution in [0.15, 0.2) is 0 Å². The summed E-state index contributed by atoms with van der Waals surface area (Å²) < 4.78 is 0. The van der Waals surface area contributed by atoms with Crippen LogP contribution in [0.2, 0.25) is 0 Å². The van der Waals surface area contributed by atoms with Gasteiger partial charge in [-0.05, 0) is 52.4 Å². The maximum absolute atomic E-state index is 11.4. The number of likely N-dealkylation sites (N-methyl/N-ethyl adjacent to an activating group) is 1. The van der Waals surface area contributed by atoms with Gasteiger partial charge in [-0.3, -0.25) is 9.69 Å². The number of hydrogen-bond acceptors (Lipinski definition) is 3. The third kappa shape index (κ3) is 2.47. The molecule has 0 bridgehead atoms. The number of carboxylic acids is 1. The van der Waals surface area contributed by atoms with Gasteiger partial charge < -0.3 is 10.0 Å². The molecule has 17 heavy (non-hydrogen) atoms. The number of likely N-dealkylation sites (tertiary alicyclic amines) is 2. The Labute approximate surface area is 104 Å². The minimum atomic E-state index is -0.594. The van der Waals surface area contributed by atoms with Crippen molar-refractivity contribution < 1.29 is 9.90 Å². The van der Waals surface area contributed by atoms with E-state index >= 15 is 0 Å². The molecule has 0 aromatic rings. The van der Waals surface area contributed by atoms with Gasteiger partial charge in [0.1, 0.15) is 0 Å². The second-order valence-electron chi connectivity index (χ2n) is 5.68. The van der Waals surface area contributed by atoms with Crippen LogP contribution in [0.25, 0.3) is 0 Å². The molecule has 1 N–H and O–H groups in total. The molecular formula is C13H24N2O2. The van der Waals surface area contributed by atoms with E-state index in [2.05, 4.69) is 16.8 Å². The summed E-state index contributed by atoms with van der Waals surface area (Å²) in [7, 11) is 2.16. The molecule has 98 valence electrons. The van der Waals surface area contributed by atoms with Gasteiger partial charge in [0.05, 0.1) is 5.41 Å². The lowest BCUT2D eigenvalue weighted by Crippen LogP contribution is -2.48. The lowest BCUT2D eigenvalue weighted by atomic mass is 9.76. The number of carbonyl (C=O) groups is 1. The normalized spacial score (nSPS) is 30.6. The van der Waals surface area contributed by atoms with Crippen LogP contribution >= 0.6 is 0 Å². The van der Waals surface area contributed by atoms with Crippen molar-refractivity contribution in [2.75, 3.05) is 33.2 Å². The second-order valence-corrected chi connectivity index (χ2v) is 5.68. The average Bonchev–Trinajstić information content (AvgIpc) is 2.76. The van der Waals surface area contributed by atoms with Crippen LogP contribution in [0, 0.1) is 5.41 Å². The van der Waals surface area contributed by atoms with E-state index in [4.69, 9.17) is 0 Å². The summed E-state index contributed by atoms with van der Waals surface area (Å²) in [4.78, 5) is 16.2. The van der Waals surface area contributed by atoms with Gasteiger partial charge in [-0.1, -0.05) is 6.92 Å². The molecule has 0 radical (unpaired) electrons. The van der Waals surface area contributed by atoms with Gasteiger partial charge in [0.25, 0.3) is 0 Å². The predicted molar refractivity (Wildman–Crippen MR) is 67.1 cm³/mol. The average molecular weight is 240 g/mol. The van der Waals surface area contributed by atoms with Gasteiger partial charge in [-0.2, -0.15) is 0 Å². The number of hydrogen-bond donors (Lipinski definition) is 1. The van der Waals surface area contributed by atoms with E-state index in [9.17, 15) is 9.90 Å². The Kier molecular flexibility index (Phi) is 3.73. The van der Waals surface area contributed by atoms with Crippen molar-refractivity contribution in [3.63, 3.8) is 0 Å². The lowest BCUT2D eigenvalue weighted by Gasteiger charge is -2.40. The Balaban J connectivity index is 1.91. The second kappa shape index (κ2) is 4.94. The largest absolute Gasteiger partial charge is 0.481 e. The highest BCUT2D eigenvalue weighted by Crippen LogP contribution is 2.36. The number of rotatable bonds is 3. The highest BCUT2D eigenvalue weighted by atomic mass is 16.4. The van der Waals surface area contributed by atoms with Crippen molar-refractivity contribution in [3.05, 3.63) is 0 Å². The molecular weight excluding hydrogens is 216 g/mol. The van der Waals surface area contributed by atoms with Gasteiger partial charge in [-0.25, -0.2) is 0 Å². The van der Waals surface area contributed by atoms with Crippen molar-refractivity contribution >= 4 is 5.97 Å². The predicted octanol–water partition coefficient (Wildman–Crippen LogP) is 1.27. The fourth-order valence-electron chi connectivity index (χ4n) is 3.25. The summed E-state index contributed by atoms with van der Waals surface area (Å²) >= 11 is 0. The van der Waals surface area contributed by atoms with E-state index in [0.717, 1.165) is 38.9 Å². The van der Waals surface area contributed by atoms with Gasteiger partial charge in [-0.15, -0.1) is 0 Å². The van der Waals surface area contributed by atoms with Gasteiger partial charge in [0, 0.05) is 12.6 Å². The number of piperidine rings is 1. The summed E-state index contributed by atoms with van der Waals surface area (Å²) in [6, 6.07) is 0.656. The Morgan fingerprint density at radius 1 is 1.35 bits per heavy atom. The van der Waals surface area contributed by atoms with Crippen LogP contribution in [0.1, 0.15) is 32.6 Å². The van der Waals surface area contributed by atoms with Crippen LogP contribution in [0.5, 0.6) is 0 Å². The van der Waals surface area contributed by atoms with Gasteiger partial charge in [0.2, 0.25) is 0 Å². The van der Waals surface area contributed by atoms with Crippen molar-refractivity contribution in [1.29, 1.82) is 0 Å². The van der Waals surface area contributed by atoms with E-state index in [1.165, 1.54) is 13.0 Å². The smallest absolute Gasteiger partial charge is 0.309 e. The third-order valence-electron chi connectivity index (χ3n) is 4.77. The van der Waals surface area contributed by atoms with Crippen LogP contribution < -0.4 is 0 Å². The van der Waals surface area contributed by atoms with E-state index in [-0.39, 0.29) is 0 Å². The van der Waals surface area contributed by atoms with Crippen LogP contribution in [0.4, 0.5) is 0 Å². The topological polar surface area (TPSA) is 43.8 Å². The first-order valence-corrected chi connectivity index (χ1v) is 6.73. The first-order chi connectivity index (χ1) is 8.07. The lowest BCUT2D eigenvalue weighted by molar-refractivity contribution is -0.152. The van der Waals surface area contributed by atoms with Crippen LogP contribution in [0.3, 0.4) is 0 Å². The molecule has 1 unspecified atom stereocenters. The van der Waals surface area contributed by atoms with E-state index in [1.807, 2.05) is 6.92 Å². The van der Waals surface area contributed by atoms with Crippen molar-refractivity contribution in [2.45, 2.75) is 38.6 Å². The van der Waals surface area contributed by atoms with Crippen molar-refractivity contribution in [3.8, 4) is 0 Å². The third-order valence-corrected chi connectivity index (χ3v) is 4.77. The fourth-order valence-corrected chi connectivity index (χ4v) is 3.25. The molecule has 4 nitrogen and oxygen atoms in total. The summed E-state index contributed by atoms with van der Waals surface area (Å²) in [6.45, 7) is 6.25. The molecule has 2 aliphatic rings. The molecule has 0 spiro atoms. The zero-order chi connectivity index (χ0) is 12.5. The maximum atomic E-state index is 11.4. The molecule has 0 aliphatic carbocycles. The molecule has 0 saturated carbocycles. The Bertz CT molecular complexity index is 285. The fraction of sp³-hybridized carbons (Fsp3) is 0.923. The van der Waals surface area contributed by atoms with Gasteiger partial charge >= 0.3 is 5.97 Å². The molecule has 2 aliphatic heterocycles. The highest BCUT2D eigenvalue weighted by molar-refractivity contribution is 5.74. The molecule has 2 heterocycles. The highest BCUT2D eigenvalue weighted by Gasteiger charge is 2.41. The molecule has 4 heteroatoms. The Morgan fingerprint density at radius 3 is 2.41 bits per heavy atom. The maximum Gasteiger partial charge on any atom is 0.309 e. The Morgan fingerprint density at radius 2 is 2.00 bits per heavy atom. The molecule has 0 aromatic heterocycles. The summed E-state index contributed by atoms with van der Waals surface area (Å²) in [5.41, 5.74) is -0.443. The van der Waals surface area contributed by atoms with Gasteiger partial charge in [0.15, 0.2) is 0 Å². The van der Waals surface area contributed by atoms with E-state index < -0.39 is 11.4 Å². The van der Waals surface area contributed by atoms with E-state index in [1.54, 1.807) is 0 Å². The number of nitrogens with zero attached hydrogens (tertiary/aromatic N) is 2. The van der Waals surface area contributed by atoms with E-state index in [0.29, 0.717) is 6.04 Å². The van der Waals surface area contributed by atoms with Crippen molar-refractivity contribution in [2.24, 2.45) is 5.41 Å².